The van der Waals surface area contributed by atoms with E-state index in [9.17, 15) is 9.90 Å². The van der Waals surface area contributed by atoms with Crippen molar-refractivity contribution in [2.24, 2.45) is 5.92 Å². The molecule has 0 radical (unpaired) electrons. The van der Waals surface area contributed by atoms with Gasteiger partial charge in [-0.3, -0.25) is 4.79 Å². The van der Waals surface area contributed by atoms with Gasteiger partial charge < -0.3 is 10.4 Å². The van der Waals surface area contributed by atoms with Crippen molar-refractivity contribution < 1.29 is 9.90 Å². The Hall–Kier alpha value is -1.35. The van der Waals surface area contributed by atoms with Gasteiger partial charge in [0.15, 0.2) is 0 Å². The van der Waals surface area contributed by atoms with E-state index < -0.39 is 6.10 Å². The van der Waals surface area contributed by atoms with Crippen LogP contribution in [0.2, 0.25) is 0 Å². The first-order chi connectivity index (χ1) is 10.6. The second-order valence-corrected chi connectivity index (χ2v) is 6.58. The van der Waals surface area contributed by atoms with E-state index in [4.69, 9.17) is 0 Å². The Kier molecular flexibility index (Phi) is 6.91. The van der Waals surface area contributed by atoms with Crippen molar-refractivity contribution in [2.45, 2.75) is 64.4 Å². The van der Waals surface area contributed by atoms with Gasteiger partial charge in [0.25, 0.3) is 0 Å². The summed E-state index contributed by atoms with van der Waals surface area (Å²) in [7, 11) is 0. The number of nitrogens with one attached hydrogen (secondary N) is 1. The van der Waals surface area contributed by atoms with Gasteiger partial charge in [0, 0.05) is 13.5 Å². The van der Waals surface area contributed by atoms with Crippen LogP contribution in [0.5, 0.6) is 0 Å². The molecule has 1 fully saturated rings. The SMILES string of the molecule is CC(=O)NCCC(O)c1cccc(CCC2CCCCC2)c1. The van der Waals surface area contributed by atoms with Gasteiger partial charge in [-0.25, -0.2) is 0 Å². The molecule has 1 aromatic rings. The van der Waals surface area contributed by atoms with Crippen molar-refractivity contribution >= 4 is 5.91 Å². The first-order valence-electron chi connectivity index (χ1n) is 8.66. The van der Waals surface area contributed by atoms with Gasteiger partial charge in [-0.15, -0.1) is 0 Å². The zero-order valence-corrected chi connectivity index (χ0v) is 13.7. The molecule has 3 heteroatoms. The van der Waals surface area contributed by atoms with Crippen molar-refractivity contribution in [3.63, 3.8) is 0 Å². The maximum atomic E-state index is 10.9. The van der Waals surface area contributed by atoms with Gasteiger partial charge >= 0.3 is 0 Å². The molecule has 22 heavy (non-hydrogen) atoms. The number of aliphatic hydroxyl groups excluding tert-OH is 1. The average molecular weight is 303 g/mol. The van der Waals surface area contributed by atoms with Crippen LogP contribution < -0.4 is 5.32 Å². The molecule has 3 nitrogen and oxygen atoms in total. The number of hydrogen-bond donors (Lipinski definition) is 2. The van der Waals surface area contributed by atoms with Crippen LogP contribution >= 0.6 is 0 Å². The third-order valence-corrected chi connectivity index (χ3v) is 4.69. The molecule has 0 heterocycles. The molecular weight excluding hydrogens is 274 g/mol. The summed E-state index contributed by atoms with van der Waals surface area (Å²) in [5.41, 5.74) is 2.29. The summed E-state index contributed by atoms with van der Waals surface area (Å²) < 4.78 is 0. The predicted molar refractivity (Wildman–Crippen MR) is 89.6 cm³/mol. The Morgan fingerprint density at radius 1 is 1.32 bits per heavy atom. The minimum atomic E-state index is -0.499. The van der Waals surface area contributed by atoms with Crippen LogP contribution in [0.25, 0.3) is 0 Å². The maximum absolute atomic E-state index is 10.9. The molecule has 1 aliphatic rings. The highest BCUT2D eigenvalue weighted by atomic mass is 16.3. The fourth-order valence-electron chi connectivity index (χ4n) is 3.35. The minimum absolute atomic E-state index is 0.0477. The van der Waals surface area contributed by atoms with Crippen LogP contribution in [0.4, 0.5) is 0 Å². The zero-order chi connectivity index (χ0) is 15.8. The molecule has 0 spiro atoms. The molecule has 0 aromatic heterocycles. The average Bonchev–Trinajstić information content (AvgIpc) is 2.54. The van der Waals surface area contributed by atoms with Crippen molar-refractivity contribution in [1.82, 2.24) is 5.32 Å². The number of carbonyl (C=O) groups is 1. The number of benzene rings is 1. The fraction of sp³-hybridized carbons (Fsp3) is 0.632. The molecule has 0 saturated heterocycles. The van der Waals surface area contributed by atoms with Crippen molar-refractivity contribution in [1.29, 1.82) is 0 Å². The van der Waals surface area contributed by atoms with Gasteiger partial charge in [0.05, 0.1) is 6.10 Å². The van der Waals surface area contributed by atoms with E-state index in [-0.39, 0.29) is 5.91 Å². The molecule has 1 amide bonds. The highest BCUT2D eigenvalue weighted by Gasteiger charge is 2.14. The zero-order valence-electron chi connectivity index (χ0n) is 13.7. The van der Waals surface area contributed by atoms with E-state index in [0.717, 1.165) is 17.9 Å². The highest BCUT2D eigenvalue weighted by Crippen LogP contribution is 2.28. The van der Waals surface area contributed by atoms with Crippen molar-refractivity contribution in [3.05, 3.63) is 35.4 Å². The lowest BCUT2D eigenvalue weighted by molar-refractivity contribution is -0.119. The Morgan fingerprint density at radius 3 is 2.82 bits per heavy atom. The van der Waals surface area contributed by atoms with Crippen LogP contribution in [0.3, 0.4) is 0 Å². The second-order valence-electron chi connectivity index (χ2n) is 6.58. The smallest absolute Gasteiger partial charge is 0.216 e. The van der Waals surface area contributed by atoms with E-state index in [1.54, 1.807) is 0 Å². The van der Waals surface area contributed by atoms with Gasteiger partial charge in [-0.2, -0.15) is 0 Å². The molecule has 1 atom stereocenters. The first kappa shape index (κ1) is 17.0. The van der Waals surface area contributed by atoms with Crippen LogP contribution in [0.15, 0.2) is 24.3 Å². The lowest BCUT2D eigenvalue weighted by Crippen LogP contribution is -2.22. The van der Waals surface area contributed by atoms with E-state index in [1.807, 2.05) is 12.1 Å². The van der Waals surface area contributed by atoms with E-state index >= 15 is 0 Å². The lowest BCUT2D eigenvalue weighted by atomic mass is 9.85. The number of amides is 1. The summed E-state index contributed by atoms with van der Waals surface area (Å²) in [6.45, 7) is 2.01. The van der Waals surface area contributed by atoms with E-state index in [0.29, 0.717) is 13.0 Å². The number of carbonyl (C=O) groups excluding carboxylic acids is 1. The maximum Gasteiger partial charge on any atom is 0.216 e. The summed E-state index contributed by atoms with van der Waals surface area (Å²) in [6.07, 6.45) is 9.42. The number of rotatable bonds is 7. The first-order valence-corrected chi connectivity index (χ1v) is 8.66. The molecule has 2 rings (SSSR count). The molecule has 1 saturated carbocycles. The Morgan fingerprint density at radius 2 is 2.09 bits per heavy atom. The van der Waals surface area contributed by atoms with Crippen LogP contribution in [-0.2, 0) is 11.2 Å². The monoisotopic (exact) mass is 303 g/mol. The Bertz CT molecular complexity index is 466. The molecule has 1 unspecified atom stereocenters. The second kappa shape index (κ2) is 8.94. The summed E-state index contributed by atoms with van der Waals surface area (Å²) in [6, 6.07) is 8.30. The highest BCUT2D eigenvalue weighted by molar-refractivity contribution is 5.72. The third kappa shape index (κ3) is 5.80. The van der Waals surface area contributed by atoms with Crippen LogP contribution in [0, 0.1) is 5.92 Å². The molecule has 1 aliphatic carbocycles. The summed E-state index contributed by atoms with van der Waals surface area (Å²) in [5, 5.41) is 13.0. The van der Waals surface area contributed by atoms with Gasteiger partial charge in [-0.05, 0) is 36.3 Å². The van der Waals surface area contributed by atoms with Crippen LogP contribution in [-0.4, -0.2) is 17.6 Å². The van der Waals surface area contributed by atoms with E-state index in [1.165, 1.54) is 51.0 Å². The largest absolute Gasteiger partial charge is 0.388 e. The topological polar surface area (TPSA) is 49.3 Å². The lowest BCUT2D eigenvalue weighted by Gasteiger charge is -2.21. The summed E-state index contributed by atoms with van der Waals surface area (Å²) in [4.78, 5) is 10.9. The normalized spacial score (nSPS) is 17.2. The third-order valence-electron chi connectivity index (χ3n) is 4.69. The van der Waals surface area contributed by atoms with Gasteiger partial charge in [0.2, 0.25) is 5.91 Å². The molecule has 0 aliphatic heterocycles. The van der Waals surface area contributed by atoms with Gasteiger partial charge in [-0.1, -0.05) is 56.4 Å². The standard InChI is InChI=1S/C19H29NO2/c1-15(21)20-13-12-19(22)18-9-5-8-17(14-18)11-10-16-6-3-2-4-7-16/h5,8-9,14,16,19,22H,2-4,6-7,10-13H2,1H3,(H,20,21). The number of hydrogen-bond acceptors (Lipinski definition) is 2. The fourth-order valence-corrected chi connectivity index (χ4v) is 3.35. The Balaban J connectivity index is 1.81. The molecule has 122 valence electrons. The molecule has 0 bridgehead atoms. The van der Waals surface area contributed by atoms with Gasteiger partial charge in [0.1, 0.15) is 0 Å². The van der Waals surface area contributed by atoms with Crippen molar-refractivity contribution in [3.8, 4) is 0 Å². The minimum Gasteiger partial charge on any atom is -0.388 e. The van der Waals surface area contributed by atoms with Crippen LogP contribution in [0.1, 0.15) is 69.1 Å². The van der Waals surface area contributed by atoms with E-state index in [2.05, 4.69) is 17.4 Å². The summed E-state index contributed by atoms with van der Waals surface area (Å²) in [5.74, 6) is 0.843. The van der Waals surface area contributed by atoms with Crippen molar-refractivity contribution in [2.75, 3.05) is 6.54 Å². The quantitative estimate of drug-likeness (QED) is 0.806. The number of aryl methyl sites for hydroxylation is 1. The predicted octanol–water partition coefficient (Wildman–Crippen LogP) is 3.76. The number of aliphatic hydroxyl groups is 1. The Labute approximate surface area is 134 Å². The summed E-state index contributed by atoms with van der Waals surface area (Å²) >= 11 is 0. The molecule has 1 aromatic carbocycles. The molecule has 2 N–H and O–H groups in total. The molecular formula is C19H29NO2.